The fourth-order valence-electron chi connectivity index (χ4n) is 3.29. The van der Waals surface area contributed by atoms with Crippen molar-refractivity contribution in [2.45, 2.75) is 13.0 Å². The van der Waals surface area contributed by atoms with E-state index in [9.17, 15) is 9.59 Å². The van der Waals surface area contributed by atoms with Gasteiger partial charge in [0.05, 0.1) is 12.2 Å². The SMILES string of the molecule is CCOC(=O)c1cnc(N2CCN(C(C=Cc3ccccc3)C(=O)NC)CC2)nc1. The van der Waals surface area contributed by atoms with Gasteiger partial charge in [0.15, 0.2) is 0 Å². The lowest BCUT2D eigenvalue weighted by molar-refractivity contribution is -0.124. The summed E-state index contributed by atoms with van der Waals surface area (Å²) in [4.78, 5) is 37.0. The molecule has 3 rings (SSSR count). The van der Waals surface area contributed by atoms with Crippen LogP contribution in [-0.4, -0.2) is 72.6 Å². The number of likely N-dealkylation sites (N-methyl/N-ethyl adjacent to an activating group) is 1. The Morgan fingerprint density at radius 3 is 2.40 bits per heavy atom. The Morgan fingerprint density at radius 2 is 1.80 bits per heavy atom. The lowest BCUT2D eigenvalue weighted by atomic mass is 10.1. The Hall–Kier alpha value is -3.26. The first-order valence-corrected chi connectivity index (χ1v) is 10.1. The van der Waals surface area contributed by atoms with E-state index in [0.29, 0.717) is 44.3 Å². The zero-order chi connectivity index (χ0) is 21.3. The number of hydrogen-bond donors (Lipinski definition) is 1. The number of rotatable bonds is 7. The van der Waals surface area contributed by atoms with E-state index in [1.807, 2.05) is 47.4 Å². The van der Waals surface area contributed by atoms with Gasteiger partial charge in [0.2, 0.25) is 11.9 Å². The highest BCUT2D eigenvalue weighted by molar-refractivity contribution is 5.88. The van der Waals surface area contributed by atoms with Crippen LogP contribution >= 0.6 is 0 Å². The molecule has 1 saturated heterocycles. The monoisotopic (exact) mass is 409 g/mol. The highest BCUT2D eigenvalue weighted by atomic mass is 16.5. The van der Waals surface area contributed by atoms with Gasteiger partial charge in [-0.3, -0.25) is 9.69 Å². The fraction of sp³-hybridized carbons (Fsp3) is 0.364. The van der Waals surface area contributed by atoms with Crippen molar-refractivity contribution >= 4 is 23.9 Å². The highest BCUT2D eigenvalue weighted by Gasteiger charge is 2.27. The van der Waals surface area contributed by atoms with Gasteiger partial charge in [-0.25, -0.2) is 14.8 Å². The molecule has 1 aliphatic heterocycles. The van der Waals surface area contributed by atoms with Crippen molar-refractivity contribution < 1.29 is 14.3 Å². The summed E-state index contributed by atoms with van der Waals surface area (Å²) < 4.78 is 4.96. The average molecular weight is 409 g/mol. The summed E-state index contributed by atoms with van der Waals surface area (Å²) in [5, 5.41) is 2.75. The molecule has 2 heterocycles. The molecule has 158 valence electrons. The van der Waals surface area contributed by atoms with Gasteiger partial charge in [-0.05, 0) is 12.5 Å². The molecule has 1 N–H and O–H groups in total. The third-order valence-electron chi connectivity index (χ3n) is 4.93. The van der Waals surface area contributed by atoms with Crippen molar-refractivity contribution in [1.82, 2.24) is 20.2 Å². The van der Waals surface area contributed by atoms with Gasteiger partial charge in [-0.2, -0.15) is 0 Å². The summed E-state index contributed by atoms with van der Waals surface area (Å²) in [5.74, 6) is 0.109. The third-order valence-corrected chi connectivity index (χ3v) is 4.93. The molecular formula is C22H27N5O3. The van der Waals surface area contributed by atoms with Crippen LogP contribution in [0.1, 0.15) is 22.8 Å². The van der Waals surface area contributed by atoms with E-state index in [1.165, 1.54) is 12.4 Å². The maximum absolute atomic E-state index is 12.5. The normalized spacial score (nSPS) is 15.7. The molecule has 1 amide bonds. The molecule has 1 atom stereocenters. The predicted molar refractivity (Wildman–Crippen MR) is 115 cm³/mol. The van der Waals surface area contributed by atoms with Crippen LogP contribution in [0.5, 0.6) is 0 Å². The topological polar surface area (TPSA) is 87.7 Å². The minimum absolute atomic E-state index is 0.0364. The molecule has 0 spiro atoms. The van der Waals surface area contributed by atoms with E-state index in [4.69, 9.17) is 4.74 Å². The zero-order valence-electron chi connectivity index (χ0n) is 17.3. The van der Waals surface area contributed by atoms with Crippen LogP contribution in [0.4, 0.5) is 5.95 Å². The second kappa shape index (κ2) is 10.5. The number of aromatic nitrogens is 2. The van der Waals surface area contributed by atoms with Crippen LogP contribution in [0.2, 0.25) is 0 Å². The molecule has 1 aromatic heterocycles. The standard InChI is InChI=1S/C22H27N5O3/c1-3-30-21(29)18-15-24-22(25-16-18)27-13-11-26(12-14-27)19(20(28)23-2)10-9-17-7-5-4-6-8-17/h4-10,15-16,19H,3,11-14H2,1-2H3,(H,23,28). The fourth-order valence-corrected chi connectivity index (χ4v) is 3.29. The maximum Gasteiger partial charge on any atom is 0.341 e. The first-order chi connectivity index (χ1) is 14.6. The number of ether oxygens (including phenoxy) is 1. The van der Waals surface area contributed by atoms with Crippen molar-refractivity contribution in [3.05, 3.63) is 59.9 Å². The summed E-state index contributed by atoms with van der Waals surface area (Å²) in [6.07, 6.45) is 6.89. The Kier molecular flexibility index (Phi) is 7.51. The quantitative estimate of drug-likeness (QED) is 0.695. The third kappa shape index (κ3) is 5.42. The van der Waals surface area contributed by atoms with Crippen LogP contribution in [0.25, 0.3) is 6.08 Å². The van der Waals surface area contributed by atoms with Gasteiger partial charge < -0.3 is 15.0 Å². The zero-order valence-corrected chi connectivity index (χ0v) is 17.3. The van der Waals surface area contributed by atoms with Gasteiger partial charge >= 0.3 is 5.97 Å². The van der Waals surface area contributed by atoms with Gasteiger partial charge in [0, 0.05) is 45.6 Å². The number of piperazine rings is 1. The van der Waals surface area contributed by atoms with Gasteiger partial charge in [0.25, 0.3) is 0 Å². The van der Waals surface area contributed by atoms with Crippen molar-refractivity contribution in [2.75, 3.05) is 44.7 Å². The van der Waals surface area contributed by atoms with Crippen LogP contribution in [-0.2, 0) is 9.53 Å². The summed E-state index contributed by atoms with van der Waals surface area (Å²) in [6.45, 7) is 4.83. The molecule has 0 radical (unpaired) electrons. The number of carbonyl (C=O) groups excluding carboxylic acids is 2. The van der Waals surface area contributed by atoms with Crippen LogP contribution in [0, 0.1) is 0 Å². The van der Waals surface area contributed by atoms with Crippen molar-refractivity contribution in [2.24, 2.45) is 0 Å². The summed E-state index contributed by atoms with van der Waals surface area (Å²) in [6, 6.07) is 9.58. The van der Waals surface area contributed by atoms with Gasteiger partial charge in [-0.1, -0.05) is 42.5 Å². The maximum atomic E-state index is 12.5. The largest absolute Gasteiger partial charge is 0.462 e. The smallest absolute Gasteiger partial charge is 0.341 e. The molecule has 1 aliphatic rings. The highest BCUT2D eigenvalue weighted by Crippen LogP contribution is 2.15. The van der Waals surface area contributed by atoms with E-state index in [0.717, 1.165) is 5.56 Å². The van der Waals surface area contributed by atoms with E-state index in [2.05, 4.69) is 20.2 Å². The molecule has 2 aromatic rings. The molecule has 1 fully saturated rings. The van der Waals surface area contributed by atoms with Gasteiger partial charge in [-0.15, -0.1) is 0 Å². The number of benzene rings is 1. The molecular weight excluding hydrogens is 382 g/mol. The van der Waals surface area contributed by atoms with Gasteiger partial charge in [0.1, 0.15) is 6.04 Å². The molecule has 8 nitrogen and oxygen atoms in total. The number of carbonyl (C=O) groups is 2. The number of amides is 1. The molecule has 30 heavy (non-hydrogen) atoms. The number of nitrogens with zero attached hydrogens (tertiary/aromatic N) is 4. The van der Waals surface area contributed by atoms with Crippen LogP contribution < -0.4 is 10.2 Å². The van der Waals surface area contributed by atoms with E-state index in [-0.39, 0.29) is 11.9 Å². The van der Waals surface area contributed by atoms with Crippen molar-refractivity contribution in [3.8, 4) is 0 Å². The molecule has 1 unspecified atom stereocenters. The predicted octanol–water partition coefficient (Wildman–Crippen LogP) is 1.60. The summed E-state index contributed by atoms with van der Waals surface area (Å²) in [5.41, 5.74) is 1.39. The number of hydrogen-bond acceptors (Lipinski definition) is 7. The van der Waals surface area contributed by atoms with E-state index < -0.39 is 5.97 Å². The minimum atomic E-state index is -0.424. The first kappa shape index (κ1) is 21.4. The number of anilines is 1. The Morgan fingerprint density at radius 1 is 1.13 bits per heavy atom. The second-order valence-electron chi connectivity index (χ2n) is 6.84. The lowest BCUT2D eigenvalue weighted by Gasteiger charge is -2.37. The molecule has 0 aliphatic carbocycles. The average Bonchev–Trinajstić information content (AvgIpc) is 2.80. The molecule has 0 saturated carbocycles. The molecule has 1 aromatic carbocycles. The minimum Gasteiger partial charge on any atom is -0.462 e. The second-order valence-corrected chi connectivity index (χ2v) is 6.84. The molecule has 0 bridgehead atoms. The van der Waals surface area contributed by atoms with Crippen LogP contribution in [0.15, 0.2) is 48.8 Å². The number of esters is 1. The summed E-state index contributed by atoms with van der Waals surface area (Å²) in [7, 11) is 1.65. The van der Waals surface area contributed by atoms with Crippen molar-refractivity contribution in [1.29, 1.82) is 0 Å². The first-order valence-electron chi connectivity index (χ1n) is 10.1. The van der Waals surface area contributed by atoms with Crippen molar-refractivity contribution in [3.63, 3.8) is 0 Å². The lowest BCUT2D eigenvalue weighted by Crippen LogP contribution is -2.54. The Balaban J connectivity index is 1.62. The number of nitrogens with one attached hydrogen (secondary N) is 1. The summed E-state index contributed by atoms with van der Waals surface area (Å²) >= 11 is 0. The Bertz CT molecular complexity index is 862. The Labute approximate surface area is 176 Å². The van der Waals surface area contributed by atoms with E-state index >= 15 is 0 Å². The molecule has 8 heteroatoms. The van der Waals surface area contributed by atoms with Crippen LogP contribution in [0.3, 0.4) is 0 Å². The van der Waals surface area contributed by atoms with E-state index in [1.54, 1.807) is 14.0 Å².